The maximum absolute atomic E-state index is 13.1. The van der Waals surface area contributed by atoms with Crippen molar-refractivity contribution in [2.45, 2.75) is 27.3 Å². The summed E-state index contributed by atoms with van der Waals surface area (Å²) in [5, 5.41) is 6.28. The van der Waals surface area contributed by atoms with Crippen molar-refractivity contribution in [3.05, 3.63) is 47.4 Å². The summed E-state index contributed by atoms with van der Waals surface area (Å²) in [6.45, 7) is 7.79. The number of rotatable bonds is 7. The second kappa shape index (κ2) is 10.9. The number of halogens is 2. The highest BCUT2D eigenvalue weighted by Gasteiger charge is 2.05. The Morgan fingerprint density at radius 3 is 2.76 bits per heavy atom. The van der Waals surface area contributed by atoms with Crippen molar-refractivity contribution in [2.75, 3.05) is 19.7 Å². The van der Waals surface area contributed by atoms with Crippen LogP contribution < -0.4 is 15.4 Å². The summed E-state index contributed by atoms with van der Waals surface area (Å²) in [5.41, 5.74) is 0.877. The van der Waals surface area contributed by atoms with Crippen LogP contribution >= 0.6 is 24.0 Å². The Labute approximate surface area is 164 Å². The lowest BCUT2D eigenvalue weighted by Gasteiger charge is -2.11. The SMILES string of the molecule is CCNC(=NCc1nc(C)c(C)o1)NCCOc1cccc(F)c1.I. The Morgan fingerprint density at radius 2 is 2.12 bits per heavy atom. The van der Waals surface area contributed by atoms with Crippen LogP contribution in [0.3, 0.4) is 0 Å². The molecule has 2 N–H and O–H groups in total. The Hall–Kier alpha value is -1.84. The highest BCUT2D eigenvalue weighted by molar-refractivity contribution is 14.0. The summed E-state index contributed by atoms with van der Waals surface area (Å²) in [7, 11) is 0. The fourth-order valence-corrected chi connectivity index (χ4v) is 1.99. The van der Waals surface area contributed by atoms with E-state index in [1.54, 1.807) is 12.1 Å². The molecule has 0 aliphatic heterocycles. The predicted molar refractivity (Wildman–Crippen MR) is 106 cm³/mol. The lowest BCUT2D eigenvalue weighted by Crippen LogP contribution is -2.39. The second-order valence-corrected chi connectivity index (χ2v) is 5.18. The zero-order valence-corrected chi connectivity index (χ0v) is 17.0. The van der Waals surface area contributed by atoms with E-state index >= 15 is 0 Å². The third-order valence-corrected chi connectivity index (χ3v) is 3.25. The van der Waals surface area contributed by atoms with Crippen LogP contribution in [0.1, 0.15) is 24.3 Å². The van der Waals surface area contributed by atoms with Gasteiger partial charge in [-0.3, -0.25) is 0 Å². The van der Waals surface area contributed by atoms with Gasteiger partial charge in [0.2, 0.25) is 5.89 Å². The van der Waals surface area contributed by atoms with Crippen LogP contribution in [0.15, 0.2) is 33.7 Å². The summed E-state index contributed by atoms with van der Waals surface area (Å²) >= 11 is 0. The lowest BCUT2D eigenvalue weighted by molar-refractivity contribution is 0.320. The van der Waals surface area contributed by atoms with Gasteiger partial charge in [-0.15, -0.1) is 24.0 Å². The standard InChI is InChI=1S/C17H23FN4O2.HI/c1-4-19-17(21-11-16-22-12(2)13(3)24-16)20-8-9-23-15-7-5-6-14(18)10-15;/h5-7,10H,4,8-9,11H2,1-3H3,(H2,19,20,21);1H. The Morgan fingerprint density at radius 1 is 1.32 bits per heavy atom. The molecule has 25 heavy (non-hydrogen) atoms. The number of guanidine groups is 1. The third kappa shape index (κ3) is 7.29. The molecule has 1 aromatic carbocycles. The average Bonchev–Trinajstić information content (AvgIpc) is 2.87. The summed E-state index contributed by atoms with van der Waals surface area (Å²) in [6.07, 6.45) is 0. The van der Waals surface area contributed by atoms with Gasteiger partial charge >= 0.3 is 0 Å². The quantitative estimate of drug-likeness (QED) is 0.286. The number of aryl methyl sites for hydroxylation is 2. The number of hydrogen-bond donors (Lipinski definition) is 2. The molecule has 0 radical (unpaired) electrons. The van der Waals surface area contributed by atoms with Gasteiger partial charge in [-0.2, -0.15) is 0 Å². The van der Waals surface area contributed by atoms with Gasteiger partial charge in [-0.1, -0.05) is 6.07 Å². The van der Waals surface area contributed by atoms with E-state index in [0.29, 0.717) is 37.3 Å². The number of nitrogens with one attached hydrogen (secondary N) is 2. The molecule has 0 saturated carbocycles. The van der Waals surface area contributed by atoms with Gasteiger partial charge in [0, 0.05) is 12.6 Å². The van der Waals surface area contributed by atoms with Crippen LogP contribution in [0.2, 0.25) is 0 Å². The minimum Gasteiger partial charge on any atom is -0.492 e. The Bertz CT molecular complexity index is 672. The molecule has 0 aliphatic carbocycles. The number of aromatic nitrogens is 1. The molecule has 2 aromatic rings. The lowest BCUT2D eigenvalue weighted by atomic mass is 10.3. The summed E-state index contributed by atoms with van der Waals surface area (Å²) in [6, 6.07) is 6.07. The first-order valence-corrected chi connectivity index (χ1v) is 7.92. The van der Waals surface area contributed by atoms with Crippen molar-refractivity contribution in [3.63, 3.8) is 0 Å². The minimum atomic E-state index is -0.313. The highest BCUT2D eigenvalue weighted by atomic mass is 127. The van der Waals surface area contributed by atoms with Crippen LogP contribution in [0.5, 0.6) is 5.75 Å². The first-order chi connectivity index (χ1) is 11.6. The molecule has 0 atom stereocenters. The van der Waals surface area contributed by atoms with Crippen molar-refractivity contribution in [2.24, 2.45) is 4.99 Å². The van der Waals surface area contributed by atoms with Crippen molar-refractivity contribution >= 4 is 29.9 Å². The van der Waals surface area contributed by atoms with Crippen molar-refractivity contribution in [3.8, 4) is 5.75 Å². The number of hydrogen-bond acceptors (Lipinski definition) is 4. The Balaban J connectivity index is 0.00000312. The van der Waals surface area contributed by atoms with Crippen molar-refractivity contribution in [1.82, 2.24) is 15.6 Å². The first kappa shape index (κ1) is 21.2. The fraction of sp³-hybridized carbons (Fsp3) is 0.412. The van der Waals surface area contributed by atoms with Gasteiger partial charge in [-0.05, 0) is 32.9 Å². The van der Waals surface area contributed by atoms with Crippen LogP contribution in [0.25, 0.3) is 0 Å². The molecule has 0 spiro atoms. The molecule has 0 unspecified atom stereocenters. The number of aliphatic imine (C=N–C) groups is 1. The molecule has 0 bridgehead atoms. The third-order valence-electron chi connectivity index (χ3n) is 3.25. The summed E-state index contributed by atoms with van der Waals surface area (Å²) in [5.74, 6) is 2.23. The molecule has 0 amide bonds. The number of ether oxygens (including phenoxy) is 1. The van der Waals surface area contributed by atoms with E-state index in [2.05, 4.69) is 20.6 Å². The van der Waals surface area contributed by atoms with Crippen molar-refractivity contribution < 1.29 is 13.5 Å². The summed E-state index contributed by atoms with van der Waals surface area (Å²) in [4.78, 5) is 8.72. The number of oxazole rings is 1. The van der Waals surface area contributed by atoms with Crippen LogP contribution in [-0.2, 0) is 6.54 Å². The first-order valence-electron chi connectivity index (χ1n) is 7.92. The smallest absolute Gasteiger partial charge is 0.216 e. The average molecular weight is 462 g/mol. The normalized spacial score (nSPS) is 11.0. The number of nitrogens with zero attached hydrogens (tertiary/aromatic N) is 2. The molecular weight excluding hydrogens is 438 g/mol. The van der Waals surface area contributed by atoms with E-state index in [-0.39, 0.29) is 29.8 Å². The second-order valence-electron chi connectivity index (χ2n) is 5.18. The topological polar surface area (TPSA) is 71.7 Å². The monoisotopic (exact) mass is 462 g/mol. The Kier molecular flexibility index (Phi) is 9.25. The largest absolute Gasteiger partial charge is 0.492 e. The highest BCUT2D eigenvalue weighted by Crippen LogP contribution is 2.11. The van der Waals surface area contributed by atoms with Gasteiger partial charge in [0.25, 0.3) is 0 Å². The van der Waals surface area contributed by atoms with E-state index < -0.39 is 0 Å². The molecule has 6 nitrogen and oxygen atoms in total. The van der Waals surface area contributed by atoms with E-state index in [0.717, 1.165) is 18.0 Å². The molecule has 1 aromatic heterocycles. The van der Waals surface area contributed by atoms with Crippen LogP contribution in [0, 0.1) is 19.7 Å². The molecule has 138 valence electrons. The summed E-state index contributed by atoms with van der Waals surface area (Å²) < 4.78 is 24.0. The van der Waals surface area contributed by atoms with E-state index in [1.807, 2.05) is 20.8 Å². The van der Waals surface area contributed by atoms with Gasteiger partial charge < -0.3 is 19.8 Å². The van der Waals surface area contributed by atoms with Crippen LogP contribution in [0.4, 0.5) is 4.39 Å². The van der Waals surface area contributed by atoms with Gasteiger partial charge in [-0.25, -0.2) is 14.4 Å². The molecule has 1 heterocycles. The number of benzene rings is 1. The predicted octanol–water partition coefficient (Wildman–Crippen LogP) is 3.18. The van der Waals surface area contributed by atoms with E-state index in [4.69, 9.17) is 9.15 Å². The molecule has 0 aliphatic rings. The zero-order valence-electron chi connectivity index (χ0n) is 14.6. The van der Waals surface area contributed by atoms with E-state index in [1.165, 1.54) is 12.1 Å². The molecule has 2 rings (SSSR count). The molecule has 8 heteroatoms. The molecule has 0 saturated heterocycles. The fourth-order valence-electron chi connectivity index (χ4n) is 1.99. The van der Waals surface area contributed by atoms with Gasteiger partial charge in [0.15, 0.2) is 5.96 Å². The zero-order chi connectivity index (χ0) is 17.4. The minimum absolute atomic E-state index is 0. The van der Waals surface area contributed by atoms with Crippen LogP contribution in [-0.4, -0.2) is 30.6 Å². The van der Waals surface area contributed by atoms with Gasteiger partial charge in [0.1, 0.15) is 30.5 Å². The maximum atomic E-state index is 13.1. The van der Waals surface area contributed by atoms with E-state index in [9.17, 15) is 4.39 Å². The molecule has 0 fully saturated rings. The van der Waals surface area contributed by atoms with Crippen molar-refractivity contribution in [1.29, 1.82) is 0 Å². The molecular formula is C17H24FIN4O2. The maximum Gasteiger partial charge on any atom is 0.216 e. The van der Waals surface area contributed by atoms with Gasteiger partial charge in [0.05, 0.1) is 12.2 Å².